The van der Waals surface area contributed by atoms with Crippen molar-refractivity contribution in [1.82, 2.24) is 14.7 Å². The van der Waals surface area contributed by atoms with Crippen LogP contribution >= 0.6 is 0 Å². The molecule has 5 heteroatoms. The normalized spacial score (nSPS) is 16.2. The average Bonchev–Trinajstić information content (AvgIpc) is 2.73. The number of carbonyl (C=O) groups is 1. The van der Waals surface area contributed by atoms with Crippen LogP contribution in [0, 0.1) is 0 Å². The Balaban J connectivity index is 1.53. The summed E-state index contributed by atoms with van der Waals surface area (Å²) >= 11 is 0. The van der Waals surface area contributed by atoms with Crippen LogP contribution in [0.4, 0.5) is 0 Å². The molecule has 0 saturated carbocycles. The van der Waals surface area contributed by atoms with Gasteiger partial charge in [-0.2, -0.15) is 0 Å². The van der Waals surface area contributed by atoms with Gasteiger partial charge < -0.3 is 9.64 Å². The molecule has 2 aromatic carbocycles. The fourth-order valence-electron chi connectivity index (χ4n) is 3.78. The first-order chi connectivity index (χ1) is 13.6. The van der Waals surface area contributed by atoms with Crippen LogP contribution in [0.3, 0.4) is 0 Å². The van der Waals surface area contributed by atoms with Crippen LogP contribution in [0.5, 0.6) is 5.75 Å². The molecule has 1 saturated heterocycles. The third-order valence-electron chi connectivity index (χ3n) is 5.40. The lowest BCUT2D eigenvalue weighted by Crippen LogP contribution is -2.51. The standard InChI is InChI=1S/C23H31N3O2/c1-24(2)22(20-9-5-4-6-10-20)23(27)26-16-14-25(15-17-26)13-12-19-8-7-11-21(18-19)28-3/h4-11,18,22H,12-17H2,1-3H3. The Morgan fingerprint density at radius 2 is 1.75 bits per heavy atom. The largest absolute Gasteiger partial charge is 0.497 e. The highest BCUT2D eigenvalue weighted by atomic mass is 16.5. The summed E-state index contributed by atoms with van der Waals surface area (Å²) in [7, 11) is 5.64. The number of methoxy groups -OCH3 is 1. The monoisotopic (exact) mass is 381 g/mol. The van der Waals surface area contributed by atoms with Gasteiger partial charge in [0.2, 0.25) is 5.91 Å². The number of hydrogen-bond acceptors (Lipinski definition) is 4. The van der Waals surface area contributed by atoms with E-state index in [9.17, 15) is 4.79 Å². The van der Waals surface area contributed by atoms with Crippen LogP contribution in [0.2, 0.25) is 0 Å². The molecule has 1 atom stereocenters. The molecule has 0 aliphatic carbocycles. The highest BCUT2D eigenvalue weighted by molar-refractivity contribution is 5.83. The maximum atomic E-state index is 13.1. The highest BCUT2D eigenvalue weighted by Crippen LogP contribution is 2.22. The van der Waals surface area contributed by atoms with Gasteiger partial charge in [0, 0.05) is 32.7 Å². The molecule has 1 aliphatic heterocycles. The molecule has 1 amide bonds. The van der Waals surface area contributed by atoms with E-state index in [4.69, 9.17) is 4.74 Å². The number of rotatable bonds is 7. The van der Waals surface area contributed by atoms with Crippen LogP contribution < -0.4 is 4.74 Å². The summed E-state index contributed by atoms with van der Waals surface area (Å²) in [5.41, 5.74) is 2.34. The molecular weight excluding hydrogens is 350 g/mol. The quantitative estimate of drug-likeness (QED) is 0.739. The summed E-state index contributed by atoms with van der Waals surface area (Å²) in [6.45, 7) is 4.42. The van der Waals surface area contributed by atoms with Crippen molar-refractivity contribution in [3.05, 3.63) is 65.7 Å². The number of benzene rings is 2. The maximum Gasteiger partial charge on any atom is 0.244 e. The average molecular weight is 382 g/mol. The van der Waals surface area contributed by atoms with E-state index in [1.165, 1.54) is 5.56 Å². The molecule has 150 valence electrons. The number of carbonyl (C=O) groups excluding carboxylic acids is 1. The number of likely N-dealkylation sites (N-methyl/N-ethyl adjacent to an activating group) is 1. The van der Waals surface area contributed by atoms with Crippen molar-refractivity contribution in [2.75, 3.05) is 53.9 Å². The van der Waals surface area contributed by atoms with Gasteiger partial charge >= 0.3 is 0 Å². The van der Waals surface area contributed by atoms with Gasteiger partial charge in [-0.1, -0.05) is 42.5 Å². The molecule has 0 aromatic heterocycles. The van der Waals surface area contributed by atoms with Gasteiger partial charge in [0.25, 0.3) is 0 Å². The van der Waals surface area contributed by atoms with Crippen molar-refractivity contribution < 1.29 is 9.53 Å². The number of ether oxygens (including phenoxy) is 1. The fourth-order valence-corrected chi connectivity index (χ4v) is 3.78. The SMILES string of the molecule is COc1cccc(CCN2CCN(C(=O)C(c3ccccc3)N(C)C)CC2)c1. The molecule has 0 radical (unpaired) electrons. The van der Waals surface area contributed by atoms with E-state index in [1.807, 2.05) is 66.4 Å². The third-order valence-corrected chi connectivity index (χ3v) is 5.40. The molecule has 1 fully saturated rings. The summed E-state index contributed by atoms with van der Waals surface area (Å²) < 4.78 is 5.30. The van der Waals surface area contributed by atoms with Gasteiger partial charge in [-0.15, -0.1) is 0 Å². The zero-order chi connectivity index (χ0) is 19.9. The van der Waals surface area contributed by atoms with Crippen molar-refractivity contribution in [3.8, 4) is 5.75 Å². The second kappa shape index (κ2) is 9.71. The van der Waals surface area contributed by atoms with E-state index in [1.54, 1.807) is 7.11 Å². The Morgan fingerprint density at radius 3 is 2.39 bits per heavy atom. The van der Waals surface area contributed by atoms with E-state index in [-0.39, 0.29) is 11.9 Å². The molecule has 28 heavy (non-hydrogen) atoms. The van der Waals surface area contributed by atoms with E-state index in [2.05, 4.69) is 17.0 Å². The molecular formula is C23H31N3O2. The minimum absolute atomic E-state index is 0.198. The zero-order valence-corrected chi connectivity index (χ0v) is 17.2. The summed E-state index contributed by atoms with van der Waals surface area (Å²) in [5, 5.41) is 0. The Labute approximate surface area is 168 Å². The molecule has 2 aromatic rings. The second-order valence-electron chi connectivity index (χ2n) is 7.55. The van der Waals surface area contributed by atoms with E-state index in [0.29, 0.717) is 0 Å². The molecule has 0 N–H and O–H groups in total. The predicted molar refractivity (Wildman–Crippen MR) is 113 cm³/mol. The molecule has 3 rings (SSSR count). The fraction of sp³-hybridized carbons (Fsp3) is 0.435. The van der Waals surface area contributed by atoms with Crippen LogP contribution in [0.1, 0.15) is 17.2 Å². The summed E-state index contributed by atoms with van der Waals surface area (Å²) in [5.74, 6) is 1.10. The molecule has 1 unspecified atom stereocenters. The van der Waals surface area contributed by atoms with Crippen LogP contribution in [0.25, 0.3) is 0 Å². The number of nitrogens with zero attached hydrogens (tertiary/aromatic N) is 3. The smallest absolute Gasteiger partial charge is 0.244 e. The molecule has 1 aliphatic rings. The Kier molecular flexibility index (Phi) is 7.06. The molecule has 5 nitrogen and oxygen atoms in total. The van der Waals surface area contributed by atoms with Gasteiger partial charge in [0.15, 0.2) is 0 Å². The number of hydrogen-bond donors (Lipinski definition) is 0. The summed E-state index contributed by atoms with van der Waals surface area (Å²) in [6, 6.07) is 18.1. The van der Waals surface area contributed by atoms with E-state index in [0.717, 1.165) is 50.5 Å². The van der Waals surface area contributed by atoms with Crippen LogP contribution in [0.15, 0.2) is 54.6 Å². The third kappa shape index (κ3) is 5.12. The van der Waals surface area contributed by atoms with Crippen molar-refractivity contribution in [3.63, 3.8) is 0 Å². The molecule has 0 bridgehead atoms. The second-order valence-corrected chi connectivity index (χ2v) is 7.55. The predicted octanol–water partition coefficient (Wildman–Crippen LogP) is 2.68. The Morgan fingerprint density at radius 1 is 1.04 bits per heavy atom. The minimum atomic E-state index is -0.218. The van der Waals surface area contributed by atoms with E-state index >= 15 is 0 Å². The molecule has 0 spiro atoms. The van der Waals surface area contributed by atoms with Crippen LogP contribution in [-0.4, -0.2) is 74.5 Å². The van der Waals surface area contributed by atoms with Gasteiger partial charge in [0.05, 0.1) is 7.11 Å². The first-order valence-electron chi connectivity index (χ1n) is 9.94. The topological polar surface area (TPSA) is 36.0 Å². The van der Waals surface area contributed by atoms with Crippen molar-refractivity contribution in [2.45, 2.75) is 12.5 Å². The molecule has 1 heterocycles. The first-order valence-corrected chi connectivity index (χ1v) is 9.94. The van der Waals surface area contributed by atoms with Crippen molar-refractivity contribution >= 4 is 5.91 Å². The summed E-state index contributed by atoms with van der Waals surface area (Å²) in [4.78, 5) is 19.6. The summed E-state index contributed by atoms with van der Waals surface area (Å²) in [6.07, 6.45) is 0.996. The van der Waals surface area contributed by atoms with Crippen molar-refractivity contribution in [1.29, 1.82) is 0 Å². The van der Waals surface area contributed by atoms with Gasteiger partial charge in [-0.05, 0) is 43.8 Å². The highest BCUT2D eigenvalue weighted by Gasteiger charge is 2.29. The van der Waals surface area contributed by atoms with Crippen LogP contribution in [-0.2, 0) is 11.2 Å². The van der Waals surface area contributed by atoms with Gasteiger partial charge in [-0.25, -0.2) is 0 Å². The van der Waals surface area contributed by atoms with Gasteiger partial charge in [0.1, 0.15) is 11.8 Å². The Hall–Kier alpha value is -2.37. The van der Waals surface area contributed by atoms with Gasteiger partial charge in [-0.3, -0.25) is 14.6 Å². The number of piperazine rings is 1. The van der Waals surface area contributed by atoms with Crippen molar-refractivity contribution in [2.24, 2.45) is 0 Å². The Bertz CT molecular complexity index is 755. The van der Waals surface area contributed by atoms with E-state index < -0.39 is 0 Å². The first kappa shape index (κ1) is 20.4. The lowest BCUT2D eigenvalue weighted by Gasteiger charge is -2.37. The maximum absolute atomic E-state index is 13.1. The minimum Gasteiger partial charge on any atom is -0.497 e. The lowest BCUT2D eigenvalue weighted by atomic mass is 10.0. The lowest BCUT2D eigenvalue weighted by molar-refractivity contribution is -0.138. The zero-order valence-electron chi connectivity index (χ0n) is 17.2. The number of amides is 1.